The fourth-order valence-electron chi connectivity index (χ4n) is 4.83. The van der Waals surface area contributed by atoms with Crippen LogP contribution in [-0.2, 0) is 17.9 Å². The van der Waals surface area contributed by atoms with E-state index in [1.54, 1.807) is 29.2 Å². The minimum Gasteiger partial charge on any atom is -0.483 e. The number of halogens is 2. The first-order chi connectivity index (χ1) is 18.2. The van der Waals surface area contributed by atoms with Gasteiger partial charge in [-0.05, 0) is 25.0 Å². The number of nitrogens with zero attached hydrogens (tertiary/aromatic N) is 2. The summed E-state index contributed by atoms with van der Waals surface area (Å²) in [6, 6.07) is 10.9. The molecule has 1 unspecified atom stereocenters. The number of carbonyl (C=O) groups excluding carboxylic acids is 3. The van der Waals surface area contributed by atoms with Gasteiger partial charge in [0.2, 0.25) is 5.43 Å². The molecule has 8 nitrogen and oxygen atoms in total. The topological polar surface area (TPSA) is 97.7 Å². The van der Waals surface area contributed by atoms with Crippen LogP contribution in [0.1, 0.15) is 57.8 Å². The Balaban J connectivity index is 1.56. The van der Waals surface area contributed by atoms with Gasteiger partial charge in [0.15, 0.2) is 17.2 Å². The van der Waals surface area contributed by atoms with Crippen molar-refractivity contribution in [1.82, 2.24) is 14.8 Å². The number of benzene rings is 2. The van der Waals surface area contributed by atoms with Crippen molar-refractivity contribution < 1.29 is 27.9 Å². The molecule has 0 spiro atoms. The molecule has 0 radical (unpaired) electrons. The highest BCUT2D eigenvalue weighted by Crippen LogP contribution is 2.33. The summed E-state index contributed by atoms with van der Waals surface area (Å²) in [6.07, 6.45) is 1.93. The molecule has 5 rings (SSSR count). The maximum Gasteiger partial charge on any atom is 0.274 e. The van der Waals surface area contributed by atoms with E-state index in [9.17, 15) is 28.0 Å². The van der Waals surface area contributed by atoms with E-state index in [0.717, 1.165) is 11.6 Å². The molecule has 196 valence electrons. The van der Waals surface area contributed by atoms with Crippen molar-refractivity contribution in [2.45, 2.75) is 45.0 Å². The lowest BCUT2D eigenvalue weighted by Gasteiger charge is -2.36. The molecule has 2 aliphatic heterocycles. The highest BCUT2D eigenvalue weighted by atomic mass is 19.1. The van der Waals surface area contributed by atoms with E-state index >= 15 is 0 Å². The van der Waals surface area contributed by atoms with Crippen LogP contribution in [0, 0.1) is 11.6 Å². The smallest absolute Gasteiger partial charge is 0.274 e. The van der Waals surface area contributed by atoms with Crippen LogP contribution in [0.3, 0.4) is 0 Å². The van der Waals surface area contributed by atoms with Crippen LogP contribution in [0.4, 0.5) is 8.78 Å². The molecule has 1 fully saturated rings. The minimum absolute atomic E-state index is 0.0251. The molecule has 2 bridgehead atoms. The monoisotopic (exact) mass is 521 g/mol. The Labute approximate surface area is 216 Å². The van der Waals surface area contributed by atoms with Gasteiger partial charge in [-0.25, -0.2) is 8.78 Å². The number of Topliss-reactive ketones (excluding diaryl/α,β-unsaturated/α-hetero) is 1. The number of amides is 2. The Morgan fingerprint density at radius 3 is 2.61 bits per heavy atom. The number of rotatable bonds is 6. The normalized spacial score (nSPS) is 18.6. The van der Waals surface area contributed by atoms with Gasteiger partial charge in [0, 0.05) is 43.4 Å². The molecule has 2 aliphatic rings. The molecule has 38 heavy (non-hydrogen) atoms. The third kappa shape index (κ3) is 4.69. The summed E-state index contributed by atoms with van der Waals surface area (Å²) in [6.45, 7) is 1.62. The Bertz CT molecular complexity index is 1490. The molecule has 3 heterocycles. The molecule has 1 saturated heterocycles. The molecule has 0 saturated carbocycles. The van der Waals surface area contributed by atoms with Crippen molar-refractivity contribution in [3.05, 3.63) is 99.0 Å². The van der Waals surface area contributed by atoms with Gasteiger partial charge in [-0.2, -0.15) is 0 Å². The third-order valence-corrected chi connectivity index (χ3v) is 7.00. The van der Waals surface area contributed by atoms with Crippen LogP contribution in [0.2, 0.25) is 0 Å². The lowest BCUT2D eigenvalue weighted by Crippen LogP contribution is -2.48. The fourth-order valence-corrected chi connectivity index (χ4v) is 4.83. The van der Waals surface area contributed by atoms with Crippen molar-refractivity contribution in [1.29, 1.82) is 0 Å². The summed E-state index contributed by atoms with van der Waals surface area (Å²) in [5, 5.41) is 2.47. The highest BCUT2D eigenvalue weighted by molar-refractivity contribution is 6.01. The summed E-state index contributed by atoms with van der Waals surface area (Å²) < 4.78 is 34.6. The fraction of sp³-hybridized carbons (Fsp3) is 0.286. The van der Waals surface area contributed by atoms with Crippen molar-refractivity contribution in [2.24, 2.45) is 0 Å². The molecular weight excluding hydrogens is 496 g/mol. The average molecular weight is 522 g/mol. The second kappa shape index (κ2) is 10.2. The molecule has 10 heteroatoms. The maximum absolute atomic E-state index is 14.1. The maximum atomic E-state index is 14.1. The number of hydrogen-bond acceptors (Lipinski definition) is 5. The van der Waals surface area contributed by atoms with E-state index in [-0.39, 0.29) is 60.5 Å². The summed E-state index contributed by atoms with van der Waals surface area (Å²) in [7, 11) is 0. The van der Waals surface area contributed by atoms with Gasteiger partial charge >= 0.3 is 0 Å². The molecule has 1 aromatic heterocycles. The van der Waals surface area contributed by atoms with E-state index in [1.165, 1.54) is 16.8 Å². The first-order valence-corrected chi connectivity index (χ1v) is 12.3. The molecule has 2 atom stereocenters. The number of ether oxygens (including phenoxy) is 1. The van der Waals surface area contributed by atoms with Crippen LogP contribution >= 0.6 is 0 Å². The molecule has 2 aromatic carbocycles. The van der Waals surface area contributed by atoms with Crippen LogP contribution in [0.5, 0.6) is 5.75 Å². The quantitative estimate of drug-likeness (QED) is 0.537. The van der Waals surface area contributed by atoms with Gasteiger partial charge < -0.3 is 19.5 Å². The molecule has 0 aliphatic carbocycles. The molecule has 1 N–H and O–H groups in total. The predicted molar refractivity (Wildman–Crippen MR) is 133 cm³/mol. The number of aromatic nitrogens is 1. The Kier molecular flexibility index (Phi) is 6.79. The van der Waals surface area contributed by atoms with Gasteiger partial charge in [-0.3, -0.25) is 19.2 Å². The number of ketones is 1. The zero-order chi connectivity index (χ0) is 27.0. The zero-order valence-corrected chi connectivity index (χ0v) is 20.6. The summed E-state index contributed by atoms with van der Waals surface area (Å²) >= 11 is 0. The Morgan fingerprint density at radius 1 is 1.11 bits per heavy atom. The van der Waals surface area contributed by atoms with Crippen molar-refractivity contribution in [3.8, 4) is 5.75 Å². The second-order valence-corrected chi connectivity index (χ2v) is 9.48. The van der Waals surface area contributed by atoms with Gasteiger partial charge in [0.25, 0.3) is 11.8 Å². The summed E-state index contributed by atoms with van der Waals surface area (Å²) in [4.78, 5) is 54.8. The van der Waals surface area contributed by atoms with Crippen molar-refractivity contribution >= 4 is 17.6 Å². The second-order valence-electron chi connectivity index (χ2n) is 9.48. The van der Waals surface area contributed by atoms with Crippen LogP contribution in [-0.4, -0.2) is 39.7 Å². The number of fused-ring (bicyclic) bond motifs is 4. The first kappa shape index (κ1) is 25.3. The summed E-state index contributed by atoms with van der Waals surface area (Å²) in [5.74, 6) is -3.34. The van der Waals surface area contributed by atoms with Crippen LogP contribution in [0.25, 0.3) is 0 Å². The van der Waals surface area contributed by atoms with E-state index in [1.807, 2.05) is 13.0 Å². The molecule has 3 aromatic rings. The van der Waals surface area contributed by atoms with E-state index in [4.69, 9.17) is 4.74 Å². The standard InChI is InChI=1S/C28H25F2N3O5/c1-16-7-10-23(34)22-14-32(16)28(37)24-26(38-15-17-5-3-2-4-6-17)25(35)20(13-33(22)24)27(36)31-12-18-8-9-19(29)11-21(18)30/h2-6,8-9,11,13,16,22H,7,10,12,14-15H2,1H3,(H,31,36)/t16-,22?/m0/s1. The number of pyridine rings is 1. The van der Waals surface area contributed by atoms with Gasteiger partial charge in [-0.15, -0.1) is 0 Å². The van der Waals surface area contributed by atoms with E-state index < -0.39 is 34.9 Å². The largest absolute Gasteiger partial charge is 0.483 e. The number of carbonyl (C=O) groups is 3. The number of hydrogen-bond donors (Lipinski definition) is 1. The average Bonchev–Trinajstić information content (AvgIpc) is 3.03. The SMILES string of the molecule is C[C@H]1CCC(=O)C2CN1C(=O)c1c(OCc3ccccc3)c(=O)c(C(=O)NCc3ccc(F)cc3F)cn12. The van der Waals surface area contributed by atoms with Crippen LogP contribution < -0.4 is 15.5 Å². The lowest BCUT2D eigenvalue weighted by molar-refractivity contribution is -0.122. The minimum atomic E-state index is -0.845. The number of nitrogens with one attached hydrogen (secondary N) is 1. The van der Waals surface area contributed by atoms with E-state index in [2.05, 4.69) is 5.32 Å². The van der Waals surface area contributed by atoms with Crippen molar-refractivity contribution in [2.75, 3.05) is 6.54 Å². The predicted octanol–water partition coefficient (Wildman–Crippen LogP) is 3.38. The third-order valence-electron chi connectivity index (χ3n) is 7.00. The lowest BCUT2D eigenvalue weighted by atomic mass is 10.0. The summed E-state index contributed by atoms with van der Waals surface area (Å²) in [5.41, 5.74) is -0.497. The van der Waals surface area contributed by atoms with Gasteiger partial charge in [0.1, 0.15) is 29.8 Å². The Hall–Kier alpha value is -4.34. The van der Waals surface area contributed by atoms with Crippen LogP contribution in [0.15, 0.2) is 59.5 Å². The first-order valence-electron chi connectivity index (χ1n) is 12.3. The van der Waals surface area contributed by atoms with Crippen molar-refractivity contribution in [3.63, 3.8) is 0 Å². The van der Waals surface area contributed by atoms with Gasteiger partial charge in [0.05, 0.1) is 0 Å². The Morgan fingerprint density at radius 2 is 1.87 bits per heavy atom. The molecule has 2 amide bonds. The van der Waals surface area contributed by atoms with Gasteiger partial charge in [-0.1, -0.05) is 36.4 Å². The zero-order valence-electron chi connectivity index (χ0n) is 20.6. The molecular formula is C28H25F2N3O5. The highest BCUT2D eigenvalue weighted by Gasteiger charge is 2.42. The van der Waals surface area contributed by atoms with E-state index in [0.29, 0.717) is 12.5 Å².